The van der Waals surface area contributed by atoms with Crippen molar-refractivity contribution < 1.29 is 14.1 Å². The summed E-state index contributed by atoms with van der Waals surface area (Å²) in [7, 11) is 1.66. The number of rotatable bonds is 5. The van der Waals surface area contributed by atoms with Gasteiger partial charge in [-0.3, -0.25) is 4.79 Å². The average molecular weight is 224 g/mol. The van der Waals surface area contributed by atoms with E-state index in [-0.39, 0.29) is 17.8 Å². The molecule has 1 heterocycles. The first-order valence-corrected chi connectivity index (χ1v) is 5.60. The van der Waals surface area contributed by atoms with E-state index in [1.165, 1.54) is 0 Å². The smallest absolute Gasteiger partial charge is 0.234 e. The summed E-state index contributed by atoms with van der Waals surface area (Å²) in [5.41, 5.74) is -0.364. The number of aromatic nitrogens is 2. The van der Waals surface area contributed by atoms with Crippen LogP contribution in [0, 0.1) is 0 Å². The number of nitrogens with zero attached hydrogens (tertiary/aromatic N) is 2. The lowest BCUT2D eigenvalue weighted by atomic mass is 9.79. The van der Waals surface area contributed by atoms with Crippen molar-refractivity contribution in [1.82, 2.24) is 10.1 Å². The fourth-order valence-electron chi connectivity index (χ4n) is 1.82. The number of hydrogen-bond donors (Lipinski definition) is 0. The number of Topliss-reactive ketones (excluding diaryl/α,β-unsaturated/α-hetero) is 1. The molecule has 0 aliphatic heterocycles. The van der Waals surface area contributed by atoms with E-state index in [0.29, 0.717) is 18.1 Å². The van der Waals surface area contributed by atoms with Gasteiger partial charge >= 0.3 is 0 Å². The van der Waals surface area contributed by atoms with Gasteiger partial charge in [-0.1, -0.05) is 12.1 Å². The van der Waals surface area contributed by atoms with Crippen molar-refractivity contribution in [2.75, 3.05) is 7.11 Å². The molecular weight excluding hydrogens is 208 g/mol. The van der Waals surface area contributed by atoms with E-state index in [1.54, 1.807) is 7.11 Å². The van der Waals surface area contributed by atoms with Gasteiger partial charge in [0.25, 0.3) is 0 Å². The molecule has 0 spiro atoms. The Labute approximate surface area is 94.2 Å². The van der Waals surface area contributed by atoms with Crippen LogP contribution in [0.25, 0.3) is 0 Å². The topological polar surface area (TPSA) is 65.2 Å². The Morgan fingerprint density at radius 1 is 1.56 bits per heavy atom. The van der Waals surface area contributed by atoms with E-state index in [4.69, 9.17) is 9.26 Å². The van der Waals surface area contributed by atoms with E-state index < -0.39 is 0 Å². The maximum Gasteiger partial charge on any atom is 0.234 e. The summed E-state index contributed by atoms with van der Waals surface area (Å²) in [5.74, 6) is 1.08. The van der Waals surface area contributed by atoms with Crippen LogP contribution in [0.4, 0.5) is 0 Å². The Bertz CT molecular complexity index is 377. The zero-order valence-corrected chi connectivity index (χ0v) is 9.65. The Hall–Kier alpha value is -1.23. The number of ether oxygens (including phenoxy) is 1. The maximum absolute atomic E-state index is 11.2. The quantitative estimate of drug-likeness (QED) is 0.760. The van der Waals surface area contributed by atoms with Crippen LogP contribution in [-0.4, -0.2) is 23.0 Å². The van der Waals surface area contributed by atoms with Crippen molar-refractivity contribution in [1.29, 1.82) is 0 Å². The van der Waals surface area contributed by atoms with Crippen LogP contribution >= 0.6 is 0 Å². The molecular formula is C11H16N2O3. The Kier molecular flexibility index (Phi) is 3.05. The molecule has 0 radical (unpaired) electrons. The SMILES string of the molecule is CCC(=O)Cc1nc(C2(OC)CCC2)no1. The molecule has 5 nitrogen and oxygen atoms in total. The van der Waals surface area contributed by atoms with Gasteiger partial charge in [-0.05, 0) is 19.3 Å². The summed E-state index contributed by atoms with van der Waals surface area (Å²) in [6.45, 7) is 1.82. The molecule has 1 saturated carbocycles. The highest BCUT2D eigenvalue weighted by Gasteiger charge is 2.43. The van der Waals surface area contributed by atoms with Crippen molar-refractivity contribution in [3.05, 3.63) is 11.7 Å². The minimum atomic E-state index is -0.364. The van der Waals surface area contributed by atoms with Gasteiger partial charge in [0.1, 0.15) is 11.4 Å². The largest absolute Gasteiger partial charge is 0.370 e. The molecule has 5 heteroatoms. The Morgan fingerprint density at radius 3 is 2.81 bits per heavy atom. The summed E-state index contributed by atoms with van der Waals surface area (Å²) in [4.78, 5) is 15.5. The highest BCUT2D eigenvalue weighted by Crippen LogP contribution is 2.42. The van der Waals surface area contributed by atoms with Crippen LogP contribution in [0.5, 0.6) is 0 Å². The predicted octanol–water partition coefficient (Wildman–Crippen LogP) is 1.62. The molecule has 1 aromatic heterocycles. The van der Waals surface area contributed by atoms with E-state index >= 15 is 0 Å². The van der Waals surface area contributed by atoms with Crippen molar-refractivity contribution in [2.45, 2.75) is 44.6 Å². The fraction of sp³-hybridized carbons (Fsp3) is 0.727. The second-order valence-corrected chi connectivity index (χ2v) is 4.13. The zero-order chi connectivity index (χ0) is 11.6. The molecule has 0 atom stereocenters. The summed E-state index contributed by atoms with van der Waals surface area (Å²) >= 11 is 0. The maximum atomic E-state index is 11.2. The third kappa shape index (κ3) is 1.87. The monoisotopic (exact) mass is 224 g/mol. The molecule has 16 heavy (non-hydrogen) atoms. The van der Waals surface area contributed by atoms with E-state index in [0.717, 1.165) is 19.3 Å². The molecule has 1 fully saturated rings. The van der Waals surface area contributed by atoms with E-state index in [1.807, 2.05) is 6.92 Å². The van der Waals surface area contributed by atoms with Crippen LogP contribution in [-0.2, 0) is 21.6 Å². The molecule has 0 unspecified atom stereocenters. The normalized spacial score (nSPS) is 18.1. The van der Waals surface area contributed by atoms with Gasteiger partial charge < -0.3 is 9.26 Å². The Morgan fingerprint density at radius 2 is 2.31 bits per heavy atom. The molecule has 0 amide bonds. The number of ketones is 1. The molecule has 0 saturated heterocycles. The van der Waals surface area contributed by atoms with Gasteiger partial charge in [0.15, 0.2) is 0 Å². The van der Waals surface area contributed by atoms with Gasteiger partial charge in [-0.2, -0.15) is 4.98 Å². The second-order valence-electron chi connectivity index (χ2n) is 4.13. The van der Waals surface area contributed by atoms with Crippen LogP contribution in [0.2, 0.25) is 0 Å². The van der Waals surface area contributed by atoms with E-state index in [2.05, 4.69) is 10.1 Å². The van der Waals surface area contributed by atoms with Crippen LogP contribution < -0.4 is 0 Å². The van der Waals surface area contributed by atoms with Gasteiger partial charge in [-0.15, -0.1) is 0 Å². The lowest BCUT2D eigenvalue weighted by Gasteiger charge is -2.37. The zero-order valence-electron chi connectivity index (χ0n) is 9.65. The first kappa shape index (κ1) is 11.3. The third-order valence-electron chi connectivity index (χ3n) is 3.17. The van der Waals surface area contributed by atoms with Crippen molar-refractivity contribution in [2.24, 2.45) is 0 Å². The number of hydrogen-bond acceptors (Lipinski definition) is 5. The molecule has 0 aromatic carbocycles. The van der Waals surface area contributed by atoms with Crippen LogP contribution in [0.1, 0.15) is 44.3 Å². The molecule has 88 valence electrons. The van der Waals surface area contributed by atoms with Gasteiger partial charge in [0.05, 0.1) is 6.42 Å². The van der Waals surface area contributed by atoms with E-state index in [9.17, 15) is 4.79 Å². The summed E-state index contributed by atoms with van der Waals surface area (Å²) in [5, 5.41) is 3.91. The van der Waals surface area contributed by atoms with Gasteiger partial charge in [0, 0.05) is 13.5 Å². The lowest BCUT2D eigenvalue weighted by molar-refractivity contribution is -0.118. The molecule has 2 rings (SSSR count). The van der Waals surface area contributed by atoms with Crippen LogP contribution in [0.15, 0.2) is 4.52 Å². The first-order chi connectivity index (χ1) is 7.70. The summed E-state index contributed by atoms with van der Waals surface area (Å²) in [6, 6.07) is 0. The highest BCUT2D eigenvalue weighted by molar-refractivity contribution is 5.79. The first-order valence-electron chi connectivity index (χ1n) is 5.60. The van der Waals surface area contributed by atoms with Crippen molar-refractivity contribution >= 4 is 5.78 Å². The van der Waals surface area contributed by atoms with Crippen LogP contribution in [0.3, 0.4) is 0 Å². The van der Waals surface area contributed by atoms with Crippen molar-refractivity contribution in [3.63, 3.8) is 0 Å². The predicted molar refractivity (Wildman–Crippen MR) is 55.8 cm³/mol. The Balaban J connectivity index is 2.10. The summed E-state index contributed by atoms with van der Waals surface area (Å²) < 4.78 is 10.5. The molecule has 0 N–H and O–H groups in total. The fourth-order valence-corrected chi connectivity index (χ4v) is 1.82. The molecule has 1 aliphatic carbocycles. The van der Waals surface area contributed by atoms with Gasteiger partial charge in [-0.25, -0.2) is 0 Å². The van der Waals surface area contributed by atoms with Gasteiger partial charge in [0.2, 0.25) is 11.7 Å². The lowest BCUT2D eigenvalue weighted by Crippen LogP contribution is -2.37. The standard InChI is InChI=1S/C11H16N2O3/c1-3-8(14)7-9-12-10(13-16-9)11(15-2)5-4-6-11/h3-7H2,1-2H3. The molecule has 1 aliphatic rings. The average Bonchev–Trinajstić information content (AvgIpc) is 2.66. The number of carbonyl (C=O) groups excluding carboxylic acids is 1. The number of methoxy groups -OCH3 is 1. The highest BCUT2D eigenvalue weighted by atomic mass is 16.5. The minimum absolute atomic E-state index is 0.107. The third-order valence-corrected chi connectivity index (χ3v) is 3.17. The minimum Gasteiger partial charge on any atom is -0.370 e. The van der Waals surface area contributed by atoms with Crippen molar-refractivity contribution in [3.8, 4) is 0 Å². The number of carbonyl (C=O) groups is 1. The summed E-state index contributed by atoms with van der Waals surface area (Å²) in [6.07, 6.45) is 3.68. The molecule has 1 aromatic rings. The second kappa shape index (κ2) is 4.33. The molecule has 0 bridgehead atoms.